The lowest BCUT2D eigenvalue weighted by Gasteiger charge is -2.23. The van der Waals surface area contributed by atoms with Gasteiger partial charge in [-0.25, -0.2) is 8.42 Å². The molecule has 0 spiro atoms. The Hall–Kier alpha value is -3.14. The third-order valence-corrected chi connectivity index (χ3v) is 6.78. The van der Waals surface area contributed by atoms with Crippen molar-refractivity contribution in [1.29, 1.82) is 0 Å². The minimum atomic E-state index is -3.60. The molecule has 0 aliphatic heterocycles. The van der Waals surface area contributed by atoms with Crippen molar-refractivity contribution in [2.24, 2.45) is 0 Å². The summed E-state index contributed by atoms with van der Waals surface area (Å²) in [6, 6.07) is 8.48. The van der Waals surface area contributed by atoms with Gasteiger partial charge in [0.2, 0.25) is 10.0 Å². The largest absolute Gasteiger partial charge is 0.493 e. The van der Waals surface area contributed by atoms with E-state index in [0.717, 1.165) is 9.87 Å². The highest BCUT2D eigenvalue weighted by atomic mass is 32.2. The van der Waals surface area contributed by atoms with E-state index < -0.39 is 15.9 Å². The van der Waals surface area contributed by atoms with Gasteiger partial charge in [-0.3, -0.25) is 9.10 Å². The number of methoxy groups -OCH3 is 4. The average Bonchev–Trinajstić information content (AvgIpc) is 2.82. The summed E-state index contributed by atoms with van der Waals surface area (Å²) < 4.78 is 47.1. The van der Waals surface area contributed by atoms with E-state index >= 15 is 0 Å². The van der Waals surface area contributed by atoms with Gasteiger partial charge in [0.15, 0.2) is 23.0 Å². The van der Waals surface area contributed by atoms with Crippen LogP contribution in [0.2, 0.25) is 0 Å². The van der Waals surface area contributed by atoms with E-state index in [1.165, 1.54) is 40.3 Å². The molecule has 0 heterocycles. The fourth-order valence-corrected chi connectivity index (χ4v) is 3.94. The van der Waals surface area contributed by atoms with Gasteiger partial charge in [-0.1, -0.05) is 6.07 Å². The zero-order valence-electron chi connectivity index (χ0n) is 19.2. The number of ether oxygens (including phenoxy) is 4. The second kappa shape index (κ2) is 10.9. The van der Waals surface area contributed by atoms with Crippen LogP contribution in [0.3, 0.4) is 0 Å². The smallest absolute Gasteiger partial charge is 0.253 e. The Morgan fingerprint density at radius 2 is 1.47 bits per heavy atom. The maximum atomic E-state index is 13.0. The molecule has 2 rings (SSSR count). The number of amides is 1. The molecule has 1 N–H and O–H groups in total. The van der Waals surface area contributed by atoms with E-state index in [4.69, 9.17) is 18.9 Å². The van der Waals surface area contributed by atoms with E-state index in [1.54, 1.807) is 20.3 Å². The van der Waals surface area contributed by atoms with Crippen molar-refractivity contribution >= 4 is 21.6 Å². The zero-order chi connectivity index (χ0) is 23.9. The molecule has 0 bridgehead atoms. The van der Waals surface area contributed by atoms with Gasteiger partial charge < -0.3 is 24.3 Å². The molecule has 0 radical (unpaired) electrons. The number of hydrogen-bond acceptors (Lipinski definition) is 7. The molecule has 0 unspecified atom stereocenters. The molecule has 32 heavy (non-hydrogen) atoms. The summed E-state index contributed by atoms with van der Waals surface area (Å²) in [4.78, 5) is 13.0. The highest BCUT2D eigenvalue weighted by Gasteiger charge is 2.25. The third kappa shape index (κ3) is 5.56. The highest BCUT2D eigenvalue weighted by molar-refractivity contribution is 7.92. The van der Waals surface area contributed by atoms with E-state index in [9.17, 15) is 13.2 Å². The van der Waals surface area contributed by atoms with Crippen LogP contribution < -0.4 is 28.6 Å². The van der Waals surface area contributed by atoms with Gasteiger partial charge in [0.05, 0.1) is 45.4 Å². The molecule has 0 fully saturated rings. The van der Waals surface area contributed by atoms with Crippen molar-refractivity contribution in [1.82, 2.24) is 5.32 Å². The first kappa shape index (κ1) is 25.1. The van der Waals surface area contributed by atoms with Gasteiger partial charge >= 0.3 is 0 Å². The minimum Gasteiger partial charge on any atom is -0.493 e. The molecule has 9 nitrogen and oxygen atoms in total. The SMILES string of the molecule is CCS(=O)(=O)N(C)c1cc(OC)c(OC)cc1C(=O)NCCc1ccc(OC)c(OC)c1. The molecule has 176 valence electrons. The van der Waals surface area contributed by atoms with Gasteiger partial charge in [-0.15, -0.1) is 0 Å². The number of nitrogens with zero attached hydrogens (tertiary/aromatic N) is 1. The summed E-state index contributed by atoms with van der Waals surface area (Å²) in [5.74, 6) is 1.32. The second-order valence-corrected chi connectivity index (χ2v) is 9.08. The minimum absolute atomic E-state index is 0.113. The number of nitrogens with one attached hydrogen (secondary N) is 1. The lowest BCUT2D eigenvalue weighted by Crippen LogP contribution is -2.32. The highest BCUT2D eigenvalue weighted by Crippen LogP contribution is 2.36. The van der Waals surface area contributed by atoms with Gasteiger partial charge in [-0.2, -0.15) is 0 Å². The lowest BCUT2D eigenvalue weighted by atomic mass is 10.1. The number of rotatable bonds is 11. The van der Waals surface area contributed by atoms with Crippen LogP contribution in [0.5, 0.6) is 23.0 Å². The van der Waals surface area contributed by atoms with Crippen molar-refractivity contribution in [2.45, 2.75) is 13.3 Å². The molecule has 0 atom stereocenters. The summed E-state index contributed by atoms with van der Waals surface area (Å²) in [7, 11) is 3.82. The van der Waals surface area contributed by atoms with Crippen molar-refractivity contribution in [3.63, 3.8) is 0 Å². The van der Waals surface area contributed by atoms with Crippen molar-refractivity contribution in [3.05, 3.63) is 41.5 Å². The Morgan fingerprint density at radius 1 is 0.906 bits per heavy atom. The first-order valence-electron chi connectivity index (χ1n) is 9.94. The van der Waals surface area contributed by atoms with Crippen molar-refractivity contribution < 1.29 is 32.2 Å². The molecule has 0 saturated heterocycles. The fraction of sp³-hybridized carbons (Fsp3) is 0.409. The van der Waals surface area contributed by atoms with Crippen LogP contribution in [0, 0.1) is 0 Å². The quantitative estimate of drug-likeness (QED) is 0.543. The summed E-state index contributed by atoms with van der Waals surface area (Å²) in [6.07, 6.45) is 0.539. The summed E-state index contributed by atoms with van der Waals surface area (Å²) in [6.45, 7) is 1.86. The van der Waals surface area contributed by atoms with Crippen LogP contribution >= 0.6 is 0 Å². The fourth-order valence-electron chi connectivity index (χ4n) is 3.11. The topological polar surface area (TPSA) is 103 Å². The number of anilines is 1. The second-order valence-electron chi connectivity index (χ2n) is 6.79. The Balaban J connectivity index is 2.28. The maximum Gasteiger partial charge on any atom is 0.253 e. The first-order valence-corrected chi connectivity index (χ1v) is 11.5. The third-order valence-electron chi connectivity index (χ3n) is 5.01. The molecule has 2 aromatic rings. The Kier molecular flexibility index (Phi) is 8.59. The zero-order valence-corrected chi connectivity index (χ0v) is 20.0. The number of carbonyl (C=O) groups is 1. The molecule has 0 aliphatic carbocycles. The Morgan fingerprint density at radius 3 is 2.03 bits per heavy atom. The van der Waals surface area contributed by atoms with E-state index in [-0.39, 0.29) is 17.0 Å². The van der Waals surface area contributed by atoms with E-state index in [0.29, 0.717) is 36.0 Å². The Bertz CT molecular complexity index is 1050. The molecule has 2 aromatic carbocycles. The summed E-state index contributed by atoms with van der Waals surface area (Å²) in [5.41, 5.74) is 1.31. The molecule has 10 heteroatoms. The summed E-state index contributed by atoms with van der Waals surface area (Å²) >= 11 is 0. The predicted molar refractivity (Wildman–Crippen MR) is 123 cm³/mol. The maximum absolute atomic E-state index is 13.0. The molecular formula is C22H30N2O7S. The number of benzene rings is 2. The average molecular weight is 467 g/mol. The molecule has 1 amide bonds. The van der Waals surface area contributed by atoms with Crippen LogP contribution in [0.1, 0.15) is 22.8 Å². The van der Waals surface area contributed by atoms with Crippen LogP contribution in [-0.4, -0.2) is 62.1 Å². The van der Waals surface area contributed by atoms with Crippen LogP contribution in [0.4, 0.5) is 5.69 Å². The monoisotopic (exact) mass is 466 g/mol. The molecule has 0 aromatic heterocycles. The Labute approximate surface area is 189 Å². The van der Waals surface area contributed by atoms with Gasteiger partial charge in [0.25, 0.3) is 5.91 Å². The van der Waals surface area contributed by atoms with Crippen LogP contribution in [0.15, 0.2) is 30.3 Å². The van der Waals surface area contributed by atoms with Crippen molar-refractivity contribution in [3.8, 4) is 23.0 Å². The number of carbonyl (C=O) groups excluding carboxylic acids is 1. The lowest BCUT2D eigenvalue weighted by molar-refractivity contribution is 0.0954. The van der Waals surface area contributed by atoms with E-state index in [1.807, 2.05) is 12.1 Å². The van der Waals surface area contributed by atoms with Crippen molar-refractivity contribution in [2.75, 3.05) is 52.1 Å². The number of hydrogen-bond donors (Lipinski definition) is 1. The standard InChI is InChI=1S/C22H30N2O7S/c1-7-32(26,27)24(2)17-14-21(31-6)20(30-5)13-16(17)22(25)23-11-10-15-8-9-18(28-3)19(12-15)29-4/h8-9,12-14H,7,10-11H2,1-6H3,(H,23,25). The first-order chi connectivity index (χ1) is 15.2. The predicted octanol–water partition coefficient (Wildman–Crippen LogP) is 2.48. The van der Waals surface area contributed by atoms with Crippen LogP contribution in [0.25, 0.3) is 0 Å². The van der Waals surface area contributed by atoms with Gasteiger partial charge in [0, 0.05) is 19.7 Å². The number of sulfonamides is 1. The molecular weight excluding hydrogens is 436 g/mol. The molecule has 0 saturated carbocycles. The van der Waals surface area contributed by atoms with Gasteiger partial charge in [0.1, 0.15) is 0 Å². The summed E-state index contributed by atoms with van der Waals surface area (Å²) in [5, 5.41) is 2.84. The van der Waals surface area contributed by atoms with Crippen LogP contribution in [-0.2, 0) is 16.4 Å². The molecule has 0 aliphatic rings. The van der Waals surface area contributed by atoms with Gasteiger partial charge in [-0.05, 0) is 37.1 Å². The van der Waals surface area contributed by atoms with E-state index in [2.05, 4.69) is 5.32 Å². The normalized spacial score (nSPS) is 10.9.